The van der Waals surface area contributed by atoms with E-state index in [4.69, 9.17) is 16.3 Å². The van der Waals surface area contributed by atoms with Crippen LogP contribution < -0.4 is 9.64 Å². The van der Waals surface area contributed by atoms with Crippen molar-refractivity contribution in [1.82, 2.24) is 9.80 Å². The first-order valence-corrected chi connectivity index (χ1v) is 10.7. The predicted molar refractivity (Wildman–Crippen MR) is 117 cm³/mol. The zero-order chi connectivity index (χ0) is 19.3. The number of piperidine rings is 1. The molecule has 150 valence electrons. The van der Waals surface area contributed by atoms with Gasteiger partial charge in [-0.2, -0.15) is 0 Å². The van der Waals surface area contributed by atoms with Crippen LogP contribution in [0.2, 0.25) is 5.02 Å². The lowest BCUT2D eigenvalue weighted by molar-refractivity contribution is 0.0883. The van der Waals surface area contributed by atoms with Crippen molar-refractivity contribution in [3.63, 3.8) is 0 Å². The minimum Gasteiger partial charge on any atom is -0.496 e. The van der Waals surface area contributed by atoms with Crippen LogP contribution in [0.4, 0.5) is 5.69 Å². The zero-order valence-electron chi connectivity index (χ0n) is 16.7. The van der Waals surface area contributed by atoms with Gasteiger partial charge in [-0.25, -0.2) is 0 Å². The number of hydrogen-bond acceptors (Lipinski definition) is 4. The Morgan fingerprint density at radius 3 is 2.61 bits per heavy atom. The van der Waals surface area contributed by atoms with Crippen molar-refractivity contribution in [1.29, 1.82) is 0 Å². The van der Waals surface area contributed by atoms with Gasteiger partial charge in [0.05, 0.1) is 7.11 Å². The van der Waals surface area contributed by atoms with Crippen molar-refractivity contribution in [3.8, 4) is 5.75 Å². The van der Waals surface area contributed by atoms with Gasteiger partial charge in [-0.3, -0.25) is 9.80 Å². The number of anilines is 1. The molecule has 0 spiro atoms. The van der Waals surface area contributed by atoms with Gasteiger partial charge in [0.1, 0.15) is 5.75 Å². The van der Waals surface area contributed by atoms with E-state index in [0.717, 1.165) is 50.0 Å². The van der Waals surface area contributed by atoms with Crippen molar-refractivity contribution >= 4 is 17.3 Å². The largest absolute Gasteiger partial charge is 0.496 e. The van der Waals surface area contributed by atoms with Crippen LogP contribution in [0.3, 0.4) is 0 Å². The van der Waals surface area contributed by atoms with Gasteiger partial charge in [-0.05, 0) is 43.7 Å². The molecule has 2 aliphatic heterocycles. The second-order valence-electron chi connectivity index (χ2n) is 7.85. The van der Waals surface area contributed by atoms with Crippen LogP contribution in [0.25, 0.3) is 0 Å². The third-order valence-electron chi connectivity index (χ3n) is 6.07. The summed E-state index contributed by atoms with van der Waals surface area (Å²) in [6, 6.07) is 17.3. The Kier molecular flexibility index (Phi) is 6.40. The van der Waals surface area contributed by atoms with Gasteiger partial charge in [-0.15, -0.1) is 0 Å². The first-order chi connectivity index (χ1) is 13.7. The lowest BCUT2D eigenvalue weighted by Crippen LogP contribution is -2.55. The maximum atomic E-state index is 6.17. The van der Waals surface area contributed by atoms with E-state index in [0.29, 0.717) is 6.04 Å². The monoisotopic (exact) mass is 399 g/mol. The molecule has 2 aromatic carbocycles. The van der Waals surface area contributed by atoms with Crippen LogP contribution in [-0.4, -0.2) is 62.2 Å². The molecule has 0 bridgehead atoms. The zero-order valence-corrected chi connectivity index (χ0v) is 17.4. The third kappa shape index (κ3) is 4.62. The molecule has 0 amide bonds. The quantitative estimate of drug-likeness (QED) is 0.752. The van der Waals surface area contributed by atoms with E-state index in [9.17, 15) is 0 Å². The van der Waals surface area contributed by atoms with Crippen LogP contribution in [0.15, 0.2) is 48.5 Å². The van der Waals surface area contributed by atoms with Gasteiger partial charge < -0.3 is 9.64 Å². The molecule has 2 aliphatic rings. The number of rotatable bonds is 5. The normalized spacial score (nSPS) is 21.6. The maximum Gasteiger partial charge on any atom is 0.123 e. The Balaban J connectivity index is 1.33. The number of halogens is 1. The van der Waals surface area contributed by atoms with E-state index in [1.54, 1.807) is 7.11 Å². The van der Waals surface area contributed by atoms with Crippen LogP contribution >= 0.6 is 11.6 Å². The number of hydrogen-bond donors (Lipinski definition) is 0. The van der Waals surface area contributed by atoms with E-state index in [1.165, 1.54) is 30.6 Å². The summed E-state index contributed by atoms with van der Waals surface area (Å²) >= 11 is 6.17. The molecule has 4 nitrogen and oxygen atoms in total. The summed E-state index contributed by atoms with van der Waals surface area (Å²) in [5.74, 6) is 1.000. The molecule has 4 rings (SSSR count). The second-order valence-corrected chi connectivity index (χ2v) is 8.28. The Morgan fingerprint density at radius 2 is 1.82 bits per heavy atom. The topological polar surface area (TPSA) is 19.0 Å². The van der Waals surface area contributed by atoms with Crippen LogP contribution in [0.1, 0.15) is 18.4 Å². The number of methoxy groups -OCH3 is 1. The molecule has 1 atom stereocenters. The predicted octanol–water partition coefficient (Wildman–Crippen LogP) is 4.14. The smallest absolute Gasteiger partial charge is 0.123 e. The van der Waals surface area contributed by atoms with Crippen molar-refractivity contribution < 1.29 is 4.74 Å². The molecule has 0 aliphatic carbocycles. The molecular formula is C23H30ClN3O. The molecule has 0 unspecified atom stereocenters. The molecule has 28 heavy (non-hydrogen) atoms. The van der Waals surface area contributed by atoms with E-state index in [1.807, 2.05) is 18.2 Å². The summed E-state index contributed by atoms with van der Waals surface area (Å²) in [5, 5.41) is 0.819. The SMILES string of the molecule is COc1ccccc1CN1CCC[C@@H](N2CCN(c3cccc(Cl)c3)CC2)C1. The average Bonchev–Trinajstić information content (AvgIpc) is 2.74. The molecule has 0 N–H and O–H groups in total. The summed E-state index contributed by atoms with van der Waals surface area (Å²) in [5.41, 5.74) is 2.53. The minimum absolute atomic E-state index is 0.657. The van der Waals surface area contributed by atoms with Crippen LogP contribution in [0, 0.1) is 0 Å². The second kappa shape index (κ2) is 9.17. The first-order valence-electron chi connectivity index (χ1n) is 10.3. The van der Waals surface area contributed by atoms with E-state index in [-0.39, 0.29) is 0 Å². The molecule has 0 aromatic heterocycles. The van der Waals surface area contributed by atoms with Gasteiger partial charge in [0.2, 0.25) is 0 Å². The van der Waals surface area contributed by atoms with Crippen molar-refractivity contribution in [2.75, 3.05) is 51.3 Å². The number of benzene rings is 2. The molecule has 2 aromatic rings. The van der Waals surface area contributed by atoms with Crippen molar-refractivity contribution in [3.05, 3.63) is 59.1 Å². The van der Waals surface area contributed by atoms with E-state index in [2.05, 4.69) is 45.0 Å². The number of ether oxygens (including phenoxy) is 1. The summed E-state index contributed by atoms with van der Waals surface area (Å²) < 4.78 is 5.54. The fourth-order valence-electron chi connectivity index (χ4n) is 4.57. The molecule has 5 heteroatoms. The van der Waals surface area contributed by atoms with Crippen molar-refractivity contribution in [2.45, 2.75) is 25.4 Å². The summed E-state index contributed by atoms with van der Waals surface area (Å²) in [7, 11) is 1.76. The summed E-state index contributed by atoms with van der Waals surface area (Å²) in [4.78, 5) is 7.74. The highest BCUT2D eigenvalue weighted by molar-refractivity contribution is 6.30. The molecule has 0 saturated carbocycles. The maximum absolute atomic E-state index is 6.17. The van der Waals surface area contributed by atoms with Crippen molar-refractivity contribution in [2.24, 2.45) is 0 Å². The van der Waals surface area contributed by atoms with Crippen LogP contribution in [0.5, 0.6) is 5.75 Å². The Bertz CT molecular complexity index is 776. The number of para-hydroxylation sites is 1. The highest BCUT2D eigenvalue weighted by Crippen LogP contribution is 2.25. The Morgan fingerprint density at radius 1 is 1.00 bits per heavy atom. The van der Waals surface area contributed by atoms with Gasteiger partial charge >= 0.3 is 0 Å². The van der Waals surface area contributed by atoms with E-state index >= 15 is 0 Å². The standard InChI is InChI=1S/C23H30ClN3O/c1-28-23-10-3-2-6-19(23)17-25-11-5-9-22(18-25)27-14-12-26(13-15-27)21-8-4-7-20(24)16-21/h2-4,6-8,10,16,22H,5,9,11-15,17-18H2,1H3/t22-/m1/s1. The summed E-state index contributed by atoms with van der Waals surface area (Å²) in [6.07, 6.45) is 2.58. The van der Waals surface area contributed by atoms with Gasteiger partial charge in [0.25, 0.3) is 0 Å². The highest BCUT2D eigenvalue weighted by Gasteiger charge is 2.28. The fraction of sp³-hybridized carbons (Fsp3) is 0.478. The lowest BCUT2D eigenvalue weighted by Gasteiger charge is -2.44. The summed E-state index contributed by atoms with van der Waals surface area (Å²) in [6.45, 7) is 7.70. The number of nitrogens with zero attached hydrogens (tertiary/aromatic N) is 3. The van der Waals surface area contributed by atoms with Gasteiger partial charge in [0.15, 0.2) is 0 Å². The molecule has 0 radical (unpaired) electrons. The molecular weight excluding hydrogens is 370 g/mol. The highest BCUT2D eigenvalue weighted by atomic mass is 35.5. The Hall–Kier alpha value is -1.75. The fourth-order valence-corrected chi connectivity index (χ4v) is 4.75. The first kappa shape index (κ1) is 19.6. The average molecular weight is 400 g/mol. The molecule has 2 saturated heterocycles. The minimum atomic E-state index is 0.657. The molecule has 2 fully saturated rings. The number of piperazine rings is 1. The van der Waals surface area contributed by atoms with Gasteiger partial charge in [0, 0.05) is 61.6 Å². The van der Waals surface area contributed by atoms with Gasteiger partial charge in [-0.1, -0.05) is 35.9 Å². The number of likely N-dealkylation sites (tertiary alicyclic amines) is 1. The molecule has 2 heterocycles. The van der Waals surface area contributed by atoms with Crippen LogP contribution in [-0.2, 0) is 6.54 Å². The van der Waals surface area contributed by atoms with E-state index < -0.39 is 0 Å². The lowest BCUT2D eigenvalue weighted by atomic mass is 10.0. The third-order valence-corrected chi connectivity index (χ3v) is 6.31. The Labute approximate surface area is 173 Å².